The fourth-order valence-electron chi connectivity index (χ4n) is 2.40. The van der Waals surface area contributed by atoms with Gasteiger partial charge in [0, 0.05) is 13.1 Å². The van der Waals surface area contributed by atoms with E-state index in [4.69, 9.17) is 4.74 Å². The average molecular weight is 276 g/mol. The van der Waals surface area contributed by atoms with Gasteiger partial charge in [-0.1, -0.05) is 6.92 Å². The molecule has 7 heteroatoms. The summed E-state index contributed by atoms with van der Waals surface area (Å²) in [4.78, 5) is 11.4. The predicted molar refractivity (Wildman–Crippen MR) is 78.1 cm³/mol. The van der Waals surface area contributed by atoms with Gasteiger partial charge in [-0.15, -0.1) is 0 Å². The van der Waals surface area contributed by atoms with Gasteiger partial charge < -0.3 is 15.0 Å². The molecule has 3 heterocycles. The minimum Gasteiger partial charge on any atom is -0.377 e. The highest BCUT2D eigenvalue weighted by molar-refractivity contribution is 5.87. The zero-order chi connectivity index (χ0) is 13.9. The number of rotatable bonds is 4. The summed E-state index contributed by atoms with van der Waals surface area (Å²) in [5, 5.41) is 11.2. The number of aromatic nitrogens is 4. The predicted octanol–water partition coefficient (Wildman–Crippen LogP) is 1.40. The Kier molecular flexibility index (Phi) is 3.68. The Labute approximate surface area is 117 Å². The molecule has 2 aromatic heterocycles. The molecule has 108 valence electrons. The van der Waals surface area contributed by atoms with E-state index in [1.165, 1.54) is 0 Å². The van der Waals surface area contributed by atoms with Crippen molar-refractivity contribution < 1.29 is 4.74 Å². The maximum atomic E-state index is 5.50. The second-order valence-corrected chi connectivity index (χ2v) is 5.05. The van der Waals surface area contributed by atoms with Crippen LogP contribution in [-0.4, -0.2) is 52.5 Å². The minimum atomic E-state index is 0.302. The van der Waals surface area contributed by atoms with Crippen molar-refractivity contribution in [3.63, 3.8) is 0 Å². The van der Waals surface area contributed by atoms with E-state index in [2.05, 4.69) is 44.2 Å². The monoisotopic (exact) mass is 276 g/mol. The fraction of sp³-hybridized carbons (Fsp3) is 0.615. The molecule has 0 saturated carbocycles. The van der Waals surface area contributed by atoms with Crippen molar-refractivity contribution in [1.29, 1.82) is 0 Å². The maximum Gasteiger partial charge on any atom is 0.226 e. The first kappa shape index (κ1) is 13.1. The Balaban J connectivity index is 2.00. The molecule has 1 fully saturated rings. The van der Waals surface area contributed by atoms with Gasteiger partial charge in [0.05, 0.1) is 30.8 Å². The zero-order valence-electron chi connectivity index (χ0n) is 11.9. The highest BCUT2D eigenvalue weighted by atomic mass is 16.5. The Bertz CT molecular complexity index is 583. The van der Waals surface area contributed by atoms with Gasteiger partial charge in [0.2, 0.25) is 5.95 Å². The van der Waals surface area contributed by atoms with Crippen LogP contribution in [-0.2, 0) is 4.74 Å². The first-order valence-electron chi connectivity index (χ1n) is 7.09. The molecule has 7 nitrogen and oxygen atoms in total. The first-order chi connectivity index (χ1) is 9.79. The quantitative estimate of drug-likeness (QED) is 0.879. The third-order valence-corrected chi connectivity index (χ3v) is 3.46. The number of anilines is 2. The smallest absolute Gasteiger partial charge is 0.226 e. The number of ether oxygens (including phenoxy) is 1. The number of aromatic amines is 1. The summed E-state index contributed by atoms with van der Waals surface area (Å²) < 4.78 is 5.50. The van der Waals surface area contributed by atoms with Gasteiger partial charge in [-0.3, -0.25) is 5.10 Å². The highest BCUT2D eigenvalue weighted by Crippen LogP contribution is 2.26. The molecule has 2 aromatic rings. The molecule has 0 amide bonds. The lowest BCUT2D eigenvalue weighted by molar-refractivity contribution is 0.0987. The molecule has 2 N–H and O–H groups in total. The largest absolute Gasteiger partial charge is 0.377 e. The molecule has 1 aliphatic rings. The lowest BCUT2D eigenvalue weighted by atomic mass is 10.2. The number of nitrogens with one attached hydrogen (secondary N) is 2. The summed E-state index contributed by atoms with van der Waals surface area (Å²) in [6.45, 7) is 7.41. The molecule has 20 heavy (non-hydrogen) atoms. The molecule has 0 bridgehead atoms. The summed E-state index contributed by atoms with van der Waals surface area (Å²) >= 11 is 0. The number of nitrogens with zero attached hydrogens (tertiary/aromatic N) is 4. The minimum absolute atomic E-state index is 0.302. The number of hydrogen-bond acceptors (Lipinski definition) is 6. The van der Waals surface area contributed by atoms with Crippen molar-refractivity contribution in [3.05, 3.63) is 6.20 Å². The van der Waals surface area contributed by atoms with Gasteiger partial charge in [-0.25, -0.2) is 0 Å². The van der Waals surface area contributed by atoms with Crippen LogP contribution in [0.25, 0.3) is 11.0 Å². The maximum absolute atomic E-state index is 5.50. The van der Waals surface area contributed by atoms with Crippen molar-refractivity contribution in [3.8, 4) is 0 Å². The van der Waals surface area contributed by atoms with Crippen molar-refractivity contribution in [2.75, 3.05) is 36.5 Å². The lowest BCUT2D eigenvalue weighted by Gasteiger charge is -2.34. The molecule has 1 unspecified atom stereocenters. The van der Waals surface area contributed by atoms with Gasteiger partial charge in [0.1, 0.15) is 5.82 Å². The summed E-state index contributed by atoms with van der Waals surface area (Å²) in [6, 6.07) is 0.302. The van der Waals surface area contributed by atoms with Crippen LogP contribution in [0.1, 0.15) is 20.3 Å². The lowest BCUT2D eigenvalue weighted by Crippen LogP contribution is -2.44. The van der Waals surface area contributed by atoms with Crippen molar-refractivity contribution >= 4 is 22.8 Å². The zero-order valence-corrected chi connectivity index (χ0v) is 11.9. The van der Waals surface area contributed by atoms with Crippen LogP contribution in [0.4, 0.5) is 11.8 Å². The van der Waals surface area contributed by atoms with Crippen LogP contribution in [0.2, 0.25) is 0 Å². The second kappa shape index (κ2) is 5.62. The van der Waals surface area contributed by atoms with Gasteiger partial charge >= 0.3 is 0 Å². The summed E-state index contributed by atoms with van der Waals surface area (Å²) in [6.07, 6.45) is 2.82. The number of fused-ring (bicyclic) bond motifs is 1. The average Bonchev–Trinajstić information content (AvgIpc) is 2.93. The van der Waals surface area contributed by atoms with Crippen LogP contribution in [0.15, 0.2) is 6.20 Å². The van der Waals surface area contributed by atoms with E-state index in [0.29, 0.717) is 12.0 Å². The van der Waals surface area contributed by atoms with E-state index in [0.717, 1.165) is 49.6 Å². The molecule has 1 aliphatic heterocycles. The van der Waals surface area contributed by atoms with Crippen LogP contribution >= 0.6 is 0 Å². The first-order valence-corrected chi connectivity index (χ1v) is 7.09. The Morgan fingerprint density at radius 1 is 1.50 bits per heavy atom. The van der Waals surface area contributed by atoms with Gasteiger partial charge in [-0.2, -0.15) is 15.1 Å². The Morgan fingerprint density at radius 3 is 3.20 bits per heavy atom. The van der Waals surface area contributed by atoms with Crippen molar-refractivity contribution in [1.82, 2.24) is 20.2 Å². The number of hydrogen-bond donors (Lipinski definition) is 2. The Hall–Kier alpha value is -1.89. The molecule has 0 radical (unpaired) electrons. The van der Waals surface area contributed by atoms with E-state index in [-0.39, 0.29) is 0 Å². The summed E-state index contributed by atoms with van der Waals surface area (Å²) in [5.41, 5.74) is 0.771. The van der Waals surface area contributed by atoms with Crippen LogP contribution in [0.3, 0.4) is 0 Å². The third-order valence-electron chi connectivity index (χ3n) is 3.46. The fourth-order valence-corrected chi connectivity index (χ4v) is 2.40. The van der Waals surface area contributed by atoms with E-state index in [9.17, 15) is 0 Å². The van der Waals surface area contributed by atoms with E-state index in [1.54, 1.807) is 6.20 Å². The van der Waals surface area contributed by atoms with Crippen LogP contribution < -0.4 is 10.2 Å². The topological polar surface area (TPSA) is 79.0 Å². The van der Waals surface area contributed by atoms with E-state index >= 15 is 0 Å². The number of H-pyrrole nitrogens is 1. The second-order valence-electron chi connectivity index (χ2n) is 5.05. The van der Waals surface area contributed by atoms with Gasteiger partial charge in [0.25, 0.3) is 0 Å². The summed E-state index contributed by atoms with van der Waals surface area (Å²) in [5.74, 6) is 1.58. The molecule has 3 rings (SSSR count). The van der Waals surface area contributed by atoms with E-state index in [1.807, 2.05) is 0 Å². The normalized spacial score (nSPS) is 19.5. The molecule has 0 aliphatic carbocycles. The Morgan fingerprint density at radius 2 is 2.40 bits per heavy atom. The van der Waals surface area contributed by atoms with Crippen LogP contribution in [0.5, 0.6) is 0 Å². The van der Waals surface area contributed by atoms with Crippen molar-refractivity contribution in [2.45, 2.75) is 26.3 Å². The van der Waals surface area contributed by atoms with E-state index < -0.39 is 0 Å². The molecular weight excluding hydrogens is 256 g/mol. The standard InChI is InChI=1S/C13H20N6O/c1-3-4-14-13-16-11-10(7-15-18-11)12(17-13)19-5-6-20-8-9(19)2/h7,9H,3-6,8H2,1-2H3,(H2,14,15,16,17,18). The molecular formula is C13H20N6O. The summed E-state index contributed by atoms with van der Waals surface area (Å²) in [7, 11) is 0. The van der Waals surface area contributed by atoms with Crippen LogP contribution in [0, 0.1) is 0 Å². The molecule has 1 atom stereocenters. The highest BCUT2D eigenvalue weighted by Gasteiger charge is 2.23. The van der Waals surface area contributed by atoms with Gasteiger partial charge in [-0.05, 0) is 13.3 Å². The van der Waals surface area contributed by atoms with Crippen molar-refractivity contribution in [2.24, 2.45) is 0 Å². The van der Waals surface area contributed by atoms with Gasteiger partial charge in [0.15, 0.2) is 5.65 Å². The molecule has 1 saturated heterocycles. The SMILES string of the molecule is CCCNc1nc(N2CCOCC2C)c2cn[nH]c2n1. The third kappa shape index (κ3) is 2.40. The number of morpholine rings is 1. The molecule has 0 aromatic carbocycles. The molecule has 0 spiro atoms.